The third-order valence-corrected chi connectivity index (χ3v) is 7.51. The van der Waals surface area contributed by atoms with Crippen LogP contribution in [-0.2, 0) is 0 Å². The van der Waals surface area contributed by atoms with Crippen molar-refractivity contribution in [1.82, 2.24) is 9.27 Å². The molecule has 0 radical (unpaired) electrons. The van der Waals surface area contributed by atoms with Crippen LogP contribution in [0.3, 0.4) is 0 Å². The summed E-state index contributed by atoms with van der Waals surface area (Å²) in [7, 11) is 0. The minimum absolute atomic E-state index is 0.0487. The fourth-order valence-corrected chi connectivity index (χ4v) is 5.41. The summed E-state index contributed by atoms with van der Waals surface area (Å²) in [5, 5.41) is 10.1. The van der Waals surface area contributed by atoms with Crippen LogP contribution in [0, 0.1) is 11.7 Å². The molecule has 5 rings (SSSR count). The highest BCUT2D eigenvalue weighted by atomic mass is 35.5. The number of benzene rings is 3. The normalized spacial score (nSPS) is 13.9. The Morgan fingerprint density at radius 1 is 1.14 bits per heavy atom. The van der Waals surface area contributed by atoms with Crippen LogP contribution in [0.4, 0.5) is 8.78 Å². The quantitative estimate of drug-likeness (QED) is 0.246. The number of rotatable bonds is 9. The lowest BCUT2D eigenvalue weighted by molar-refractivity contribution is 0.0662. The third kappa shape index (κ3) is 5.37. The summed E-state index contributed by atoms with van der Waals surface area (Å²) >= 11 is 7.56. The first-order valence-corrected chi connectivity index (χ1v) is 12.9. The number of aromatic nitrogens is 1. The first-order valence-electron chi connectivity index (χ1n) is 11.7. The number of halogens is 3. The molecule has 2 heterocycles. The van der Waals surface area contributed by atoms with Gasteiger partial charge in [-0.2, -0.15) is 4.37 Å². The highest BCUT2D eigenvalue weighted by molar-refractivity contribution is 7.10. The Balaban J connectivity index is 1.43. The molecule has 3 aromatic carbocycles. The second-order valence-electron chi connectivity index (χ2n) is 8.86. The topological polar surface area (TPSA) is 62.7 Å². The number of phenolic OH excluding ortho intramolecular Hbond substituents is 1. The van der Waals surface area contributed by atoms with Gasteiger partial charge in [0, 0.05) is 36.7 Å². The van der Waals surface area contributed by atoms with Gasteiger partial charge >= 0.3 is 0 Å². The Kier molecular flexibility index (Phi) is 7.50. The van der Waals surface area contributed by atoms with Gasteiger partial charge in [0.25, 0.3) is 0 Å². The number of hydrogen-bond donors (Lipinski definition) is 1. The molecule has 1 aromatic heterocycles. The molecule has 4 aromatic rings. The summed E-state index contributed by atoms with van der Waals surface area (Å²) in [5.74, 6) is -0.829. The Bertz CT molecular complexity index is 1420. The van der Waals surface area contributed by atoms with Crippen molar-refractivity contribution in [3.63, 3.8) is 0 Å². The summed E-state index contributed by atoms with van der Waals surface area (Å²) < 4.78 is 37.6. The van der Waals surface area contributed by atoms with Crippen LogP contribution in [0.1, 0.15) is 15.9 Å². The van der Waals surface area contributed by atoms with Gasteiger partial charge in [0.15, 0.2) is 17.3 Å². The average molecular weight is 541 g/mol. The number of nitrogens with zero attached hydrogens (tertiary/aromatic N) is 2. The number of phenols is 1. The molecule has 0 unspecified atom stereocenters. The van der Waals surface area contributed by atoms with Crippen molar-refractivity contribution >= 4 is 28.9 Å². The maximum absolute atomic E-state index is 14.9. The molecule has 37 heavy (non-hydrogen) atoms. The van der Waals surface area contributed by atoms with Crippen LogP contribution in [-0.4, -0.2) is 53.1 Å². The molecule has 1 aliphatic heterocycles. The highest BCUT2D eigenvalue weighted by Gasteiger charge is 2.27. The maximum Gasteiger partial charge on any atom is 0.196 e. The molecule has 1 N–H and O–H groups in total. The zero-order valence-electron chi connectivity index (χ0n) is 19.7. The van der Waals surface area contributed by atoms with Crippen LogP contribution in [0.15, 0.2) is 66.7 Å². The lowest BCUT2D eigenvalue weighted by Crippen LogP contribution is -2.49. The molecule has 9 heteroatoms. The van der Waals surface area contributed by atoms with E-state index in [4.69, 9.17) is 16.3 Å². The van der Waals surface area contributed by atoms with Crippen LogP contribution in [0.2, 0.25) is 5.02 Å². The summed E-state index contributed by atoms with van der Waals surface area (Å²) in [5.41, 5.74) is 2.14. The van der Waals surface area contributed by atoms with E-state index in [0.717, 1.165) is 17.6 Å². The van der Waals surface area contributed by atoms with E-state index in [1.807, 2.05) is 4.90 Å². The van der Waals surface area contributed by atoms with E-state index >= 15 is 0 Å². The summed E-state index contributed by atoms with van der Waals surface area (Å²) in [4.78, 5) is 16.4. The zero-order valence-corrected chi connectivity index (χ0v) is 21.2. The monoisotopic (exact) mass is 540 g/mol. The van der Waals surface area contributed by atoms with Gasteiger partial charge in [-0.1, -0.05) is 29.8 Å². The Labute approximate surface area is 222 Å². The SMILES string of the molecule is O=C(c1ccc(OCCN2CC(CF)C2)c(F)c1)c1c(-c2ccccc2Cl)nsc1-c1ccc(O)cc1. The lowest BCUT2D eigenvalue weighted by atomic mass is 9.95. The molecule has 1 saturated heterocycles. The van der Waals surface area contributed by atoms with Gasteiger partial charge in [0.1, 0.15) is 12.4 Å². The maximum atomic E-state index is 14.9. The van der Waals surface area contributed by atoms with E-state index in [-0.39, 0.29) is 36.3 Å². The molecule has 0 saturated carbocycles. The number of aromatic hydroxyl groups is 1. The third-order valence-electron chi connectivity index (χ3n) is 6.29. The molecular weight excluding hydrogens is 518 g/mol. The van der Waals surface area contributed by atoms with E-state index in [1.54, 1.807) is 36.4 Å². The van der Waals surface area contributed by atoms with Crippen molar-refractivity contribution in [3.05, 3.63) is 88.7 Å². The highest BCUT2D eigenvalue weighted by Crippen LogP contribution is 2.40. The molecule has 0 bridgehead atoms. The van der Waals surface area contributed by atoms with E-state index in [1.165, 1.54) is 24.3 Å². The Morgan fingerprint density at radius 3 is 2.59 bits per heavy atom. The van der Waals surface area contributed by atoms with Crippen LogP contribution >= 0.6 is 23.1 Å². The van der Waals surface area contributed by atoms with Gasteiger partial charge in [0.05, 0.1) is 27.8 Å². The van der Waals surface area contributed by atoms with Crippen molar-refractivity contribution in [2.24, 2.45) is 5.92 Å². The molecule has 0 spiro atoms. The van der Waals surface area contributed by atoms with E-state index in [2.05, 4.69) is 4.37 Å². The van der Waals surface area contributed by atoms with Crippen molar-refractivity contribution < 1.29 is 23.4 Å². The second kappa shape index (κ2) is 11.0. The van der Waals surface area contributed by atoms with Crippen molar-refractivity contribution in [1.29, 1.82) is 0 Å². The molecular formula is C28H23ClF2N2O3S. The van der Waals surface area contributed by atoms with E-state index in [9.17, 15) is 18.7 Å². The fourth-order valence-electron chi connectivity index (χ4n) is 4.29. The van der Waals surface area contributed by atoms with Crippen LogP contribution < -0.4 is 4.74 Å². The van der Waals surface area contributed by atoms with Crippen LogP contribution in [0.25, 0.3) is 21.7 Å². The fraction of sp³-hybridized carbons (Fsp3) is 0.214. The predicted molar refractivity (Wildman–Crippen MR) is 141 cm³/mol. The summed E-state index contributed by atoms with van der Waals surface area (Å²) in [6.45, 7) is 1.88. The molecule has 1 fully saturated rings. The number of hydrogen-bond acceptors (Lipinski definition) is 6. The summed E-state index contributed by atoms with van der Waals surface area (Å²) in [6.07, 6.45) is 0. The molecule has 1 aliphatic rings. The molecule has 5 nitrogen and oxygen atoms in total. The Morgan fingerprint density at radius 2 is 1.89 bits per heavy atom. The molecule has 0 atom stereocenters. The van der Waals surface area contributed by atoms with Gasteiger partial charge in [-0.05, 0) is 65.6 Å². The number of carbonyl (C=O) groups excluding carboxylic acids is 1. The van der Waals surface area contributed by atoms with Crippen molar-refractivity contribution in [3.8, 4) is 33.2 Å². The van der Waals surface area contributed by atoms with E-state index < -0.39 is 11.6 Å². The molecule has 0 amide bonds. The molecule has 190 valence electrons. The first kappa shape index (κ1) is 25.3. The van der Waals surface area contributed by atoms with Crippen molar-refractivity contribution in [2.45, 2.75) is 0 Å². The number of ketones is 1. The van der Waals surface area contributed by atoms with Crippen molar-refractivity contribution in [2.75, 3.05) is 32.9 Å². The number of alkyl halides is 1. The van der Waals surface area contributed by atoms with E-state index in [0.29, 0.717) is 51.9 Å². The number of carbonyl (C=O) groups is 1. The van der Waals surface area contributed by atoms with Crippen LogP contribution in [0.5, 0.6) is 11.5 Å². The molecule has 0 aliphatic carbocycles. The lowest BCUT2D eigenvalue weighted by Gasteiger charge is -2.37. The van der Waals surface area contributed by atoms with Gasteiger partial charge < -0.3 is 9.84 Å². The van der Waals surface area contributed by atoms with Gasteiger partial charge in [-0.25, -0.2) is 4.39 Å². The standard InChI is InChI=1S/C28H23ClF2N2O3S/c29-22-4-2-1-3-21(22)26-25(28(37-32-26)18-5-8-20(34)9-6-18)27(35)19-7-10-24(23(31)13-19)36-12-11-33-15-17(14-30)16-33/h1-10,13,17,34H,11-12,14-16H2. The second-order valence-corrected chi connectivity index (χ2v) is 10.0. The minimum Gasteiger partial charge on any atom is -0.508 e. The van der Waals surface area contributed by atoms with Gasteiger partial charge in [-0.3, -0.25) is 14.1 Å². The predicted octanol–water partition coefficient (Wildman–Crippen LogP) is 6.49. The van der Waals surface area contributed by atoms with Gasteiger partial charge in [-0.15, -0.1) is 0 Å². The van der Waals surface area contributed by atoms with Gasteiger partial charge in [0.2, 0.25) is 0 Å². The smallest absolute Gasteiger partial charge is 0.196 e. The Hall–Kier alpha value is -3.33. The number of ether oxygens (including phenoxy) is 1. The minimum atomic E-state index is -0.648. The first-order chi connectivity index (χ1) is 17.9. The zero-order chi connectivity index (χ0) is 25.9. The summed E-state index contributed by atoms with van der Waals surface area (Å²) in [6, 6.07) is 17.7. The average Bonchev–Trinajstić information content (AvgIpc) is 3.31. The number of likely N-dealkylation sites (tertiary alicyclic amines) is 1. The largest absolute Gasteiger partial charge is 0.508 e.